The van der Waals surface area contributed by atoms with Crippen molar-refractivity contribution in [1.29, 1.82) is 0 Å². The lowest BCUT2D eigenvalue weighted by Gasteiger charge is -2.12. The summed E-state index contributed by atoms with van der Waals surface area (Å²) < 4.78 is 18.1. The molecule has 0 unspecified atom stereocenters. The van der Waals surface area contributed by atoms with Crippen molar-refractivity contribution in [3.63, 3.8) is 0 Å². The van der Waals surface area contributed by atoms with Crippen LogP contribution >= 0.6 is 11.8 Å². The van der Waals surface area contributed by atoms with E-state index in [-0.39, 0.29) is 0 Å². The van der Waals surface area contributed by atoms with Gasteiger partial charge in [0.05, 0.1) is 34.1 Å². The third kappa shape index (κ3) is 6.10. The van der Waals surface area contributed by atoms with E-state index in [4.69, 9.17) is 24.2 Å². The van der Waals surface area contributed by atoms with Crippen LogP contribution in [0.5, 0.6) is 17.2 Å². The number of ether oxygens (including phenoxy) is 3. The SMILES string of the molecule is COc1cc(/C=N/Nc2nc(SCc3ccccc3)nc3c2nnn3Cc2ccccc2)cc(OC)c1OC. The Labute approximate surface area is 230 Å². The van der Waals surface area contributed by atoms with Crippen molar-refractivity contribution in [3.8, 4) is 17.2 Å². The molecule has 0 aliphatic heterocycles. The first-order valence-corrected chi connectivity index (χ1v) is 13.1. The Morgan fingerprint density at radius 1 is 0.872 bits per heavy atom. The molecular formula is C28H27N7O3S. The highest BCUT2D eigenvalue weighted by atomic mass is 32.2. The first-order chi connectivity index (χ1) is 19.2. The average Bonchev–Trinajstić information content (AvgIpc) is 3.39. The van der Waals surface area contributed by atoms with Gasteiger partial charge in [0, 0.05) is 11.3 Å². The number of hydrogen-bond acceptors (Lipinski definition) is 10. The molecule has 2 heterocycles. The number of nitrogens with zero attached hydrogens (tertiary/aromatic N) is 6. The summed E-state index contributed by atoms with van der Waals surface area (Å²) in [5, 5.41) is 13.7. The second kappa shape index (κ2) is 12.3. The lowest BCUT2D eigenvalue weighted by Crippen LogP contribution is -2.04. The zero-order valence-electron chi connectivity index (χ0n) is 21.7. The molecule has 0 spiro atoms. The number of hydrogen-bond donors (Lipinski definition) is 1. The summed E-state index contributed by atoms with van der Waals surface area (Å²) in [6.45, 7) is 0.533. The molecule has 0 saturated heterocycles. The number of nitrogens with one attached hydrogen (secondary N) is 1. The zero-order chi connectivity index (χ0) is 27.0. The molecule has 1 N–H and O–H groups in total. The fourth-order valence-corrected chi connectivity index (χ4v) is 4.70. The Morgan fingerprint density at radius 3 is 2.18 bits per heavy atom. The van der Waals surface area contributed by atoms with E-state index < -0.39 is 0 Å². The first kappa shape index (κ1) is 26.0. The summed E-state index contributed by atoms with van der Waals surface area (Å²) in [7, 11) is 4.71. The van der Waals surface area contributed by atoms with Gasteiger partial charge in [-0.15, -0.1) is 5.10 Å². The van der Waals surface area contributed by atoms with Gasteiger partial charge in [0.15, 0.2) is 33.6 Å². The highest BCUT2D eigenvalue weighted by Gasteiger charge is 2.16. The number of methoxy groups -OCH3 is 3. The summed E-state index contributed by atoms with van der Waals surface area (Å²) in [5.41, 5.74) is 7.19. The van der Waals surface area contributed by atoms with Crippen LogP contribution in [0.2, 0.25) is 0 Å². The van der Waals surface area contributed by atoms with E-state index >= 15 is 0 Å². The second-order valence-corrected chi connectivity index (χ2v) is 9.31. The van der Waals surface area contributed by atoms with E-state index in [1.54, 1.807) is 44.4 Å². The summed E-state index contributed by atoms with van der Waals surface area (Å²) >= 11 is 1.53. The van der Waals surface area contributed by atoms with E-state index in [1.807, 2.05) is 48.5 Å². The maximum absolute atomic E-state index is 5.44. The van der Waals surface area contributed by atoms with Crippen LogP contribution in [0, 0.1) is 0 Å². The molecule has 3 aromatic carbocycles. The number of fused-ring (bicyclic) bond motifs is 1. The summed E-state index contributed by atoms with van der Waals surface area (Å²) in [6.07, 6.45) is 1.64. The molecule has 0 aliphatic carbocycles. The molecule has 11 heteroatoms. The van der Waals surface area contributed by atoms with Crippen LogP contribution in [-0.4, -0.2) is 52.5 Å². The lowest BCUT2D eigenvalue weighted by atomic mass is 10.2. The third-order valence-corrected chi connectivity index (χ3v) is 6.72. The molecule has 0 bridgehead atoms. The molecule has 39 heavy (non-hydrogen) atoms. The molecule has 10 nitrogen and oxygen atoms in total. The highest BCUT2D eigenvalue weighted by molar-refractivity contribution is 7.98. The predicted molar refractivity (Wildman–Crippen MR) is 152 cm³/mol. The number of thioether (sulfide) groups is 1. The molecule has 0 aliphatic rings. The summed E-state index contributed by atoms with van der Waals surface area (Å²) in [5.74, 6) is 2.76. The van der Waals surface area contributed by atoms with Crippen LogP contribution in [0.25, 0.3) is 11.2 Å². The van der Waals surface area contributed by atoms with Gasteiger partial charge in [-0.05, 0) is 23.3 Å². The Hall–Kier alpha value is -4.64. The van der Waals surface area contributed by atoms with Gasteiger partial charge in [-0.2, -0.15) is 5.10 Å². The van der Waals surface area contributed by atoms with Gasteiger partial charge in [0.2, 0.25) is 5.75 Å². The number of aromatic nitrogens is 5. The van der Waals surface area contributed by atoms with E-state index in [0.29, 0.717) is 45.9 Å². The van der Waals surface area contributed by atoms with E-state index in [2.05, 4.69) is 33.0 Å². The molecule has 0 radical (unpaired) electrons. The summed E-state index contributed by atoms with van der Waals surface area (Å²) in [4.78, 5) is 9.49. The van der Waals surface area contributed by atoms with Crippen LogP contribution in [-0.2, 0) is 12.3 Å². The van der Waals surface area contributed by atoms with Crippen LogP contribution < -0.4 is 19.6 Å². The largest absolute Gasteiger partial charge is 0.493 e. The minimum Gasteiger partial charge on any atom is -0.493 e. The number of hydrazone groups is 1. The van der Waals surface area contributed by atoms with Crippen LogP contribution in [0.4, 0.5) is 5.82 Å². The number of rotatable bonds is 11. The van der Waals surface area contributed by atoms with Gasteiger partial charge in [0.1, 0.15) is 0 Å². The van der Waals surface area contributed by atoms with Gasteiger partial charge in [0.25, 0.3) is 0 Å². The van der Waals surface area contributed by atoms with Crippen LogP contribution in [0.1, 0.15) is 16.7 Å². The van der Waals surface area contributed by atoms with Crippen molar-refractivity contribution >= 4 is 35.0 Å². The Balaban J connectivity index is 1.46. The molecule has 5 rings (SSSR count). The van der Waals surface area contributed by atoms with Crippen molar-refractivity contribution in [1.82, 2.24) is 25.0 Å². The Kier molecular flexibility index (Phi) is 8.18. The van der Waals surface area contributed by atoms with Crippen molar-refractivity contribution in [3.05, 3.63) is 89.5 Å². The van der Waals surface area contributed by atoms with Gasteiger partial charge in [-0.1, -0.05) is 77.6 Å². The second-order valence-electron chi connectivity index (χ2n) is 8.36. The maximum atomic E-state index is 5.44. The smallest absolute Gasteiger partial charge is 0.203 e. The molecule has 2 aromatic heterocycles. The van der Waals surface area contributed by atoms with Crippen molar-refractivity contribution in [2.75, 3.05) is 26.8 Å². The van der Waals surface area contributed by atoms with Crippen LogP contribution in [0.15, 0.2) is 83.1 Å². The van der Waals surface area contributed by atoms with E-state index in [9.17, 15) is 0 Å². The predicted octanol–water partition coefficient (Wildman–Crippen LogP) is 5.03. The topological polar surface area (TPSA) is 109 Å². The fourth-order valence-electron chi connectivity index (χ4n) is 3.91. The molecular weight excluding hydrogens is 514 g/mol. The number of anilines is 1. The molecule has 0 atom stereocenters. The van der Waals surface area contributed by atoms with Crippen LogP contribution in [0.3, 0.4) is 0 Å². The molecule has 5 aromatic rings. The minimum absolute atomic E-state index is 0.457. The molecule has 0 saturated carbocycles. The lowest BCUT2D eigenvalue weighted by molar-refractivity contribution is 0.324. The van der Waals surface area contributed by atoms with E-state index in [1.165, 1.54) is 17.3 Å². The minimum atomic E-state index is 0.457. The van der Waals surface area contributed by atoms with Gasteiger partial charge in [-0.25, -0.2) is 14.6 Å². The fraction of sp³-hybridized carbons (Fsp3) is 0.179. The van der Waals surface area contributed by atoms with E-state index in [0.717, 1.165) is 16.9 Å². The summed E-state index contributed by atoms with van der Waals surface area (Å²) in [6, 6.07) is 23.9. The number of benzene rings is 3. The van der Waals surface area contributed by atoms with Crippen molar-refractivity contribution < 1.29 is 14.2 Å². The Morgan fingerprint density at radius 2 is 1.54 bits per heavy atom. The highest BCUT2D eigenvalue weighted by Crippen LogP contribution is 2.37. The quantitative estimate of drug-likeness (QED) is 0.107. The van der Waals surface area contributed by atoms with Gasteiger partial charge in [-0.3, -0.25) is 5.43 Å². The van der Waals surface area contributed by atoms with Gasteiger partial charge < -0.3 is 14.2 Å². The van der Waals surface area contributed by atoms with Crippen molar-refractivity contribution in [2.24, 2.45) is 5.10 Å². The molecule has 0 amide bonds. The standard InChI is InChI=1S/C28H27N7O3S/c1-36-22-14-21(15-23(37-2)25(22)38-3)16-29-33-26-24-27(35(34-32-24)17-19-10-6-4-7-11-19)31-28(30-26)39-18-20-12-8-5-9-13-20/h4-16H,17-18H2,1-3H3,(H,30,31,33)/b29-16+. The first-order valence-electron chi connectivity index (χ1n) is 12.1. The Bertz CT molecular complexity index is 1550. The third-order valence-electron chi connectivity index (χ3n) is 5.80. The molecule has 198 valence electrons. The monoisotopic (exact) mass is 541 g/mol. The molecule has 0 fully saturated rings. The zero-order valence-corrected chi connectivity index (χ0v) is 22.6. The normalized spacial score (nSPS) is 11.2. The van der Waals surface area contributed by atoms with Gasteiger partial charge >= 0.3 is 0 Å². The average molecular weight is 542 g/mol. The van der Waals surface area contributed by atoms with Crippen molar-refractivity contribution in [2.45, 2.75) is 17.5 Å². The maximum Gasteiger partial charge on any atom is 0.203 e.